The molecule has 0 aliphatic rings. The van der Waals surface area contributed by atoms with E-state index in [0.29, 0.717) is 53.8 Å². The van der Waals surface area contributed by atoms with Gasteiger partial charge < -0.3 is 24.7 Å². The van der Waals surface area contributed by atoms with Gasteiger partial charge in [-0.25, -0.2) is 4.98 Å². The first-order chi connectivity index (χ1) is 13.4. The molecule has 8 nitrogen and oxygen atoms in total. The Hall–Kier alpha value is -2.61. The number of hydrogen-bond donors (Lipinski definition) is 3. The van der Waals surface area contributed by atoms with Crippen LogP contribution < -0.4 is 25.2 Å². The summed E-state index contributed by atoms with van der Waals surface area (Å²) in [6, 6.07) is 3.31. The van der Waals surface area contributed by atoms with E-state index in [1.807, 2.05) is 6.92 Å². The van der Waals surface area contributed by atoms with Crippen molar-refractivity contribution in [1.82, 2.24) is 15.3 Å². The lowest BCUT2D eigenvalue weighted by atomic mass is 10.1. The number of hydrogen-bond acceptors (Lipinski definition) is 5. The third-order valence-corrected chi connectivity index (χ3v) is 4.63. The van der Waals surface area contributed by atoms with Crippen LogP contribution in [0.15, 0.2) is 16.9 Å². The number of carbonyl (C=O) groups is 1. The van der Waals surface area contributed by atoms with Gasteiger partial charge in [0, 0.05) is 12.6 Å². The molecule has 1 heterocycles. The fourth-order valence-corrected chi connectivity index (χ4v) is 2.94. The zero-order valence-electron chi connectivity index (χ0n) is 17.3. The van der Waals surface area contributed by atoms with Crippen molar-refractivity contribution in [2.24, 2.45) is 5.92 Å². The van der Waals surface area contributed by atoms with Crippen LogP contribution in [-0.4, -0.2) is 49.7 Å². The van der Waals surface area contributed by atoms with Crippen LogP contribution in [0.2, 0.25) is 0 Å². The van der Waals surface area contributed by atoms with E-state index >= 15 is 0 Å². The number of likely N-dealkylation sites (N-methyl/N-ethyl adjacent to an activating group) is 1. The van der Waals surface area contributed by atoms with E-state index in [1.54, 1.807) is 19.2 Å². The van der Waals surface area contributed by atoms with Gasteiger partial charge >= 0.3 is 0 Å². The number of H-pyrrole nitrogens is 1. The van der Waals surface area contributed by atoms with Gasteiger partial charge in [-0.3, -0.25) is 9.59 Å². The van der Waals surface area contributed by atoms with Crippen LogP contribution in [0, 0.1) is 5.92 Å². The Kier molecular flexibility index (Phi) is 7.80. The van der Waals surface area contributed by atoms with Crippen LogP contribution in [0.1, 0.15) is 33.0 Å². The molecule has 1 amide bonds. The summed E-state index contributed by atoms with van der Waals surface area (Å²) in [5, 5.41) is 3.39. The quantitative estimate of drug-likeness (QED) is 0.548. The van der Waals surface area contributed by atoms with E-state index in [1.165, 1.54) is 7.11 Å². The van der Waals surface area contributed by atoms with E-state index in [2.05, 4.69) is 29.1 Å². The molecule has 1 aromatic heterocycles. The second-order valence-electron chi connectivity index (χ2n) is 7.23. The molecule has 1 unspecified atom stereocenters. The Balaban J connectivity index is 2.15. The number of nitrogens with zero attached hydrogens (tertiary/aromatic N) is 1. The third-order valence-electron chi connectivity index (χ3n) is 4.63. The summed E-state index contributed by atoms with van der Waals surface area (Å²) in [5.74, 6) is 2.10. The van der Waals surface area contributed by atoms with Crippen molar-refractivity contribution in [1.29, 1.82) is 0 Å². The number of quaternary nitrogens is 1. The molecule has 154 valence electrons. The smallest absolute Gasteiger partial charge is 0.275 e. The molecule has 0 aliphatic heterocycles. The van der Waals surface area contributed by atoms with E-state index < -0.39 is 0 Å². The highest BCUT2D eigenvalue weighted by Crippen LogP contribution is 2.29. The fraction of sp³-hybridized carbons (Fsp3) is 0.550. The number of benzene rings is 1. The normalized spacial score (nSPS) is 12.2. The largest absolute Gasteiger partial charge is 0.493 e. The minimum Gasteiger partial charge on any atom is -0.493 e. The maximum absolute atomic E-state index is 12.5. The predicted octanol–water partition coefficient (Wildman–Crippen LogP) is 0.507. The number of fused-ring (bicyclic) bond motifs is 1. The van der Waals surface area contributed by atoms with Crippen LogP contribution in [0.25, 0.3) is 10.9 Å². The van der Waals surface area contributed by atoms with Gasteiger partial charge in [-0.15, -0.1) is 0 Å². The highest BCUT2D eigenvalue weighted by atomic mass is 16.5. The van der Waals surface area contributed by atoms with Crippen molar-refractivity contribution in [2.45, 2.75) is 33.7 Å². The van der Waals surface area contributed by atoms with Crippen LogP contribution >= 0.6 is 0 Å². The first-order valence-electron chi connectivity index (χ1n) is 9.63. The van der Waals surface area contributed by atoms with Crippen molar-refractivity contribution in [2.75, 3.05) is 33.9 Å². The third kappa shape index (κ3) is 5.69. The van der Waals surface area contributed by atoms with E-state index in [4.69, 9.17) is 9.47 Å². The summed E-state index contributed by atoms with van der Waals surface area (Å²) >= 11 is 0. The van der Waals surface area contributed by atoms with Gasteiger partial charge in [0.05, 0.1) is 31.7 Å². The molecule has 0 saturated carbocycles. The summed E-state index contributed by atoms with van der Waals surface area (Å²) in [6.45, 7) is 8.47. The van der Waals surface area contributed by atoms with Crippen molar-refractivity contribution in [3.05, 3.63) is 28.3 Å². The second-order valence-corrected chi connectivity index (χ2v) is 7.23. The number of aromatic amines is 1. The Morgan fingerprint density at radius 1 is 1.25 bits per heavy atom. The Morgan fingerprint density at radius 2 is 1.93 bits per heavy atom. The molecule has 0 radical (unpaired) electrons. The molecule has 3 N–H and O–H groups in total. The van der Waals surface area contributed by atoms with E-state index in [0.717, 1.165) is 17.9 Å². The van der Waals surface area contributed by atoms with Gasteiger partial charge in [0.2, 0.25) is 0 Å². The zero-order valence-corrected chi connectivity index (χ0v) is 17.3. The zero-order chi connectivity index (χ0) is 20.7. The number of ether oxygens (including phenoxy) is 2. The summed E-state index contributed by atoms with van der Waals surface area (Å²) in [6.07, 6.45) is 0.956. The molecule has 28 heavy (non-hydrogen) atoms. The number of nitrogens with one attached hydrogen (secondary N) is 3. The summed E-state index contributed by atoms with van der Waals surface area (Å²) < 4.78 is 10.5. The highest BCUT2D eigenvalue weighted by molar-refractivity contribution is 5.81. The van der Waals surface area contributed by atoms with Crippen LogP contribution in [-0.2, 0) is 11.3 Å². The minimum atomic E-state index is -0.238. The second kappa shape index (κ2) is 10.1. The average molecular weight is 391 g/mol. The number of rotatable bonds is 10. The average Bonchev–Trinajstić information content (AvgIpc) is 2.66. The van der Waals surface area contributed by atoms with Gasteiger partial charge in [-0.05, 0) is 25.3 Å². The monoisotopic (exact) mass is 391 g/mol. The van der Waals surface area contributed by atoms with Crippen LogP contribution in [0.3, 0.4) is 0 Å². The first kappa shape index (κ1) is 21.7. The lowest BCUT2D eigenvalue weighted by Gasteiger charge is -2.17. The van der Waals surface area contributed by atoms with Crippen molar-refractivity contribution in [3.63, 3.8) is 0 Å². The molecule has 1 aromatic carbocycles. The standard InChI is InChI=1S/C20H30N4O4/c1-6-24(12-19(25)21-8-7-13(2)3)11-18-22-15-10-17(28-5)16(27-4)9-14(15)20(26)23-18/h9-10,13H,6-8,11-12H2,1-5H3,(H,21,25)(H,22,23,26)/p+1. The highest BCUT2D eigenvalue weighted by Gasteiger charge is 2.16. The number of aromatic nitrogens is 2. The first-order valence-corrected chi connectivity index (χ1v) is 9.63. The predicted molar refractivity (Wildman–Crippen MR) is 108 cm³/mol. The fourth-order valence-electron chi connectivity index (χ4n) is 2.94. The molecule has 0 aliphatic carbocycles. The van der Waals surface area contributed by atoms with Crippen molar-refractivity contribution >= 4 is 16.8 Å². The number of carbonyl (C=O) groups excluding carboxylic acids is 1. The molecule has 0 bridgehead atoms. The van der Waals surface area contributed by atoms with Gasteiger partial charge in [0.15, 0.2) is 23.9 Å². The molecular formula is C20H31N4O4+. The van der Waals surface area contributed by atoms with Gasteiger partial charge in [-0.1, -0.05) is 13.8 Å². The summed E-state index contributed by atoms with van der Waals surface area (Å²) in [4.78, 5) is 33.0. The van der Waals surface area contributed by atoms with Crippen molar-refractivity contribution in [3.8, 4) is 11.5 Å². The topological polar surface area (TPSA) is 97.8 Å². The van der Waals surface area contributed by atoms with E-state index in [-0.39, 0.29) is 11.5 Å². The van der Waals surface area contributed by atoms with Crippen LogP contribution in [0.5, 0.6) is 11.5 Å². The lowest BCUT2D eigenvalue weighted by molar-refractivity contribution is -0.904. The summed E-state index contributed by atoms with van der Waals surface area (Å²) in [5.41, 5.74) is 0.297. The molecule has 2 aromatic rings. The lowest BCUT2D eigenvalue weighted by Crippen LogP contribution is -3.11. The number of amides is 1. The van der Waals surface area contributed by atoms with Gasteiger partial charge in [0.25, 0.3) is 11.5 Å². The Bertz CT molecular complexity index is 863. The van der Waals surface area contributed by atoms with E-state index in [9.17, 15) is 9.59 Å². The molecule has 0 fully saturated rings. The molecule has 1 atom stereocenters. The maximum Gasteiger partial charge on any atom is 0.275 e. The van der Waals surface area contributed by atoms with Crippen molar-refractivity contribution < 1.29 is 19.2 Å². The minimum absolute atomic E-state index is 0.00652. The SMILES string of the molecule is CC[NH+](CC(=O)NCCC(C)C)Cc1nc2cc(OC)c(OC)cc2c(=O)[nH]1. The Morgan fingerprint density at radius 3 is 2.54 bits per heavy atom. The van der Waals surface area contributed by atoms with Gasteiger partial charge in [0.1, 0.15) is 6.54 Å². The Labute approximate surface area is 165 Å². The molecule has 0 saturated heterocycles. The molecular weight excluding hydrogens is 360 g/mol. The molecule has 8 heteroatoms. The maximum atomic E-state index is 12.5. The number of methoxy groups -OCH3 is 2. The summed E-state index contributed by atoms with van der Waals surface area (Å²) in [7, 11) is 3.06. The molecule has 0 spiro atoms. The van der Waals surface area contributed by atoms with Crippen LogP contribution in [0.4, 0.5) is 0 Å². The molecule has 2 rings (SSSR count). The van der Waals surface area contributed by atoms with Gasteiger partial charge in [-0.2, -0.15) is 0 Å².